The fraction of sp³-hybridized carbons (Fsp3) is 0.231. The molecule has 0 saturated carbocycles. The Bertz CT molecular complexity index is 1460. The number of anilines is 2. The van der Waals surface area contributed by atoms with Gasteiger partial charge in [-0.15, -0.1) is 5.10 Å². The number of aromatic nitrogens is 5. The number of halogens is 1. The molecule has 2 atom stereocenters. The number of nitrogens with one attached hydrogen (secondary N) is 1. The molecule has 194 valence electrons. The van der Waals surface area contributed by atoms with Crippen LogP contribution in [0, 0.1) is 0 Å². The summed E-state index contributed by atoms with van der Waals surface area (Å²) in [6, 6.07) is 4.00. The zero-order chi connectivity index (χ0) is 27.2. The van der Waals surface area contributed by atoms with Crippen molar-refractivity contribution < 1.29 is 18.8 Å². The number of rotatable bonds is 10. The predicted octanol–water partition coefficient (Wildman–Crippen LogP) is 3.00. The van der Waals surface area contributed by atoms with Crippen LogP contribution >= 0.6 is 0 Å². The maximum Gasteiger partial charge on any atom is 0.245 e. The van der Waals surface area contributed by atoms with Crippen molar-refractivity contribution in [2.75, 3.05) is 11.9 Å². The molecule has 0 aliphatic carbocycles. The first-order valence-electron chi connectivity index (χ1n) is 11.7. The van der Waals surface area contributed by atoms with Crippen molar-refractivity contribution in [2.24, 2.45) is 4.99 Å². The number of Topliss-reactive ketones (excluding diaryl/α,β-unsaturated/α-hetero) is 2. The first-order valence-corrected chi connectivity index (χ1v) is 11.7. The number of nitrogens with zero attached hydrogens (tertiary/aromatic N) is 7. The van der Waals surface area contributed by atoms with E-state index in [1.54, 1.807) is 18.2 Å². The quantitative estimate of drug-likeness (QED) is 0.247. The molecule has 1 saturated heterocycles. The van der Waals surface area contributed by atoms with Crippen molar-refractivity contribution in [3.63, 3.8) is 0 Å². The summed E-state index contributed by atoms with van der Waals surface area (Å²) in [6.45, 7) is 7.87. The van der Waals surface area contributed by atoms with Crippen LogP contribution in [0.2, 0.25) is 0 Å². The monoisotopic (exact) mass is 516 g/mol. The summed E-state index contributed by atoms with van der Waals surface area (Å²) in [4.78, 5) is 48.3. The van der Waals surface area contributed by atoms with Crippen molar-refractivity contribution in [1.29, 1.82) is 0 Å². The lowest BCUT2D eigenvalue weighted by Gasteiger charge is -2.23. The molecule has 1 aliphatic rings. The average Bonchev–Trinajstić information content (AvgIpc) is 3.47. The summed E-state index contributed by atoms with van der Waals surface area (Å²) < 4.78 is 15.8. The van der Waals surface area contributed by atoms with Gasteiger partial charge in [-0.2, -0.15) is 10.2 Å². The highest BCUT2D eigenvalue weighted by atomic mass is 19.1. The van der Waals surface area contributed by atoms with E-state index in [1.165, 1.54) is 53.3 Å². The first kappa shape index (κ1) is 26.2. The zero-order valence-electron chi connectivity index (χ0n) is 20.6. The van der Waals surface area contributed by atoms with E-state index in [4.69, 9.17) is 0 Å². The fourth-order valence-corrected chi connectivity index (χ4v) is 4.17. The topological polar surface area (TPSA) is 135 Å². The molecule has 3 aromatic rings. The molecule has 38 heavy (non-hydrogen) atoms. The van der Waals surface area contributed by atoms with Crippen LogP contribution in [0.15, 0.2) is 73.2 Å². The van der Waals surface area contributed by atoms with Crippen molar-refractivity contribution >= 4 is 45.7 Å². The van der Waals surface area contributed by atoms with E-state index in [-0.39, 0.29) is 36.7 Å². The van der Waals surface area contributed by atoms with Gasteiger partial charge in [0.05, 0.1) is 24.3 Å². The van der Waals surface area contributed by atoms with E-state index in [0.717, 1.165) is 0 Å². The molecule has 12 heteroatoms. The van der Waals surface area contributed by atoms with Crippen LogP contribution in [0.5, 0.6) is 0 Å². The molecular formula is C26H25FN8O3. The van der Waals surface area contributed by atoms with Gasteiger partial charge >= 0.3 is 0 Å². The number of ketones is 2. The standard InChI is InChI=1S/C26H25FN8O3/c1-4-6-8-19(28-5-2)26(38)20-11-17(27)14-34(20)24(37)15-35-21-13-29-23(31-22-9-7-10-30-32-22)12-18(21)25(33-35)16(3)36/h4-10,12-13,17,20H,1-2,11,14-15H2,3H3,(H,29,31,32)/b8-6-,28-19+/t17-,20+/m1/s1. The Morgan fingerprint density at radius 2 is 2.11 bits per heavy atom. The Kier molecular flexibility index (Phi) is 7.90. The Hall–Kier alpha value is -4.87. The van der Waals surface area contributed by atoms with Gasteiger partial charge < -0.3 is 10.2 Å². The van der Waals surface area contributed by atoms with E-state index in [2.05, 4.69) is 43.7 Å². The van der Waals surface area contributed by atoms with Crippen LogP contribution in [-0.2, 0) is 16.1 Å². The maximum atomic E-state index is 14.4. The van der Waals surface area contributed by atoms with Gasteiger partial charge in [-0.25, -0.2) is 9.37 Å². The number of allylic oxidation sites excluding steroid dienone is 3. The molecule has 1 N–H and O–H groups in total. The number of carbonyl (C=O) groups excluding carboxylic acids is 3. The van der Waals surface area contributed by atoms with E-state index in [1.807, 2.05) is 0 Å². The molecule has 4 rings (SSSR count). The van der Waals surface area contributed by atoms with Gasteiger partial charge in [-0.05, 0) is 24.3 Å². The smallest absolute Gasteiger partial charge is 0.245 e. The van der Waals surface area contributed by atoms with Crippen molar-refractivity contribution in [3.8, 4) is 0 Å². The summed E-state index contributed by atoms with van der Waals surface area (Å²) in [7, 11) is 0. The summed E-state index contributed by atoms with van der Waals surface area (Å²) in [5.41, 5.74) is 0.604. The van der Waals surface area contributed by atoms with Gasteiger partial charge in [0.15, 0.2) is 11.6 Å². The Morgan fingerprint density at radius 1 is 1.29 bits per heavy atom. The number of amides is 1. The zero-order valence-corrected chi connectivity index (χ0v) is 20.6. The lowest BCUT2D eigenvalue weighted by molar-refractivity contribution is -0.136. The lowest BCUT2D eigenvalue weighted by Crippen LogP contribution is -2.44. The summed E-state index contributed by atoms with van der Waals surface area (Å²) >= 11 is 0. The highest BCUT2D eigenvalue weighted by Gasteiger charge is 2.41. The highest BCUT2D eigenvalue weighted by Crippen LogP contribution is 2.25. The van der Waals surface area contributed by atoms with E-state index >= 15 is 0 Å². The third-order valence-corrected chi connectivity index (χ3v) is 5.83. The number of likely N-dealkylation sites (tertiary alicyclic amines) is 1. The Morgan fingerprint density at radius 3 is 2.79 bits per heavy atom. The lowest BCUT2D eigenvalue weighted by atomic mass is 10.0. The number of carbonyl (C=O) groups is 3. The second kappa shape index (κ2) is 11.5. The second-order valence-electron chi connectivity index (χ2n) is 8.43. The third kappa shape index (κ3) is 5.59. The second-order valence-corrected chi connectivity index (χ2v) is 8.43. The van der Waals surface area contributed by atoms with Crippen LogP contribution in [0.1, 0.15) is 23.8 Å². The maximum absolute atomic E-state index is 14.4. The van der Waals surface area contributed by atoms with Crippen LogP contribution < -0.4 is 5.32 Å². The van der Waals surface area contributed by atoms with Gasteiger partial charge in [-0.1, -0.05) is 25.3 Å². The van der Waals surface area contributed by atoms with Gasteiger partial charge in [0.25, 0.3) is 0 Å². The average molecular weight is 517 g/mol. The number of aliphatic imine (C=N–C) groups is 1. The highest BCUT2D eigenvalue weighted by molar-refractivity contribution is 6.46. The number of hydrogen-bond acceptors (Lipinski definition) is 9. The summed E-state index contributed by atoms with van der Waals surface area (Å²) in [5, 5.41) is 15.5. The largest absolute Gasteiger partial charge is 0.328 e. The number of pyridine rings is 1. The molecule has 1 amide bonds. The molecule has 3 aromatic heterocycles. The van der Waals surface area contributed by atoms with Gasteiger partial charge in [-0.3, -0.25) is 24.1 Å². The Balaban J connectivity index is 1.62. The number of fused-ring (bicyclic) bond motifs is 1. The van der Waals surface area contributed by atoms with Gasteiger partial charge in [0.1, 0.15) is 29.9 Å². The predicted molar refractivity (Wildman–Crippen MR) is 140 cm³/mol. The molecule has 11 nitrogen and oxygen atoms in total. The van der Waals surface area contributed by atoms with Gasteiger partial charge in [0.2, 0.25) is 11.7 Å². The molecule has 0 aromatic carbocycles. The molecule has 0 radical (unpaired) electrons. The molecule has 1 aliphatic heterocycles. The van der Waals surface area contributed by atoms with Crippen LogP contribution in [0.3, 0.4) is 0 Å². The SMILES string of the molecule is C=C/C=C\C(=N/C=C)C(=O)[C@@H]1C[C@@H](F)CN1C(=O)Cn1nc(C(C)=O)c2cc(Nc3cccnn3)ncc21. The number of hydrogen-bond donors (Lipinski definition) is 1. The molecule has 4 heterocycles. The van der Waals surface area contributed by atoms with E-state index in [0.29, 0.717) is 22.5 Å². The minimum atomic E-state index is -1.38. The molecule has 0 spiro atoms. The van der Waals surface area contributed by atoms with Gasteiger partial charge in [0, 0.05) is 31.1 Å². The van der Waals surface area contributed by atoms with Crippen molar-refractivity contribution in [2.45, 2.75) is 32.1 Å². The third-order valence-electron chi connectivity index (χ3n) is 5.83. The van der Waals surface area contributed by atoms with Crippen LogP contribution in [0.25, 0.3) is 10.9 Å². The molecular weight excluding hydrogens is 491 g/mol. The minimum absolute atomic E-state index is 0.0348. The summed E-state index contributed by atoms with van der Waals surface area (Å²) in [5.74, 6) is -0.490. The number of alkyl halides is 1. The first-order chi connectivity index (χ1) is 18.3. The molecule has 0 unspecified atom stereocenters. The minimum Gasteiger partial charge on any atom is -0.328 e. The van der Waals surface area contributed by atoms with Crippen LogP contribution in [0.4, 0.5) is 16.0 Å². The normalized spacial score (nSPS) is 17.6. The van der Waals surface area contributed by atoms with E-state index in [9.17, 15) is 18.8 Å². The molecule has 0 bridgehead atoms. The van der Waals surface area contributed by atoms with Crippen molar-refractivity contribution in [3.05, 3.63) is 73.9 Å². The summed E-state index contributed by atoms with van der Waals surface area (Å²) in [6.07, 6.45) is 7.11. The van der Waals surface area contributed by atoms with Crippen molar-refractivity contribution in [1.82, 2.24) is 29.9 Å². The molecule has 1 fully saturated rings. The van der Waals surface area contributed by atoms with E-state index < -0.39 is 23.9 Å². The fourth-order valence-electron chi connectivity index (χ4n) is 4.17. The Labute approximate surface area is 217 Å². The van der Waals surface area contributed by atoms with Crippen LogP contribution in [-0.4, -0.2) is 71.8 Å².